The third-order valence-corrected chi connectivity index (χ3v) is 5.68. The first-order valence-electron chi connectivity index (χ1n) is 10.9. The van der Waals surface area contributed by atoms with Crippen molar-refractivity contribution in [1.29, 1.82) is 0 Å². The Balaban J connectivity index is 1.40. The van der Waals surface area contributed by atoms with Gasteiger partial charge in [-0.1, -0.05) is 29.8 Å². The molecule has 0 unspecified atom stereocenters. The number of anilines is 2. The van der Waals surface area contributed by atoms with Crippen LogP contribution in [0.15, 0.2) is 72.8 Å². The van der Waals surface area contributed by atoms with Crippen molar-refractivity contribution < 1.29 is 22.8 Å². The number of urea groups is 1. The van der Waals surface area contributed by atoms with E-state index in [2.05, 4.69) is 11.4 Å². The highest BCUT2D eigenvalue weighted by atomic mass is 19.4. The lowest BCUT2D eigenvalue weighted by Crippen LogP contribution is -2.49. The second-order valence-corrected chi connectivity index (χ2v) is 8.27. The van der Waals surface area contributed by atoms with E-state index in [9.17, 15) is 22.8 Å². The number of carbonyl (C=O) groups is 2. The molecule has 4 rings (SSSR count). The van der Waals surface area contributed by atoms with Gasteiger partial charge in [0.1, 0.15) is 0 Å². The molecule has 1 aliphatic heterocycles. The van der Waals surface area contributed by atoms with Gasteiger partial charge in [-0.25, -0.2) is 4.79 Å². The number of hydrogen-bond acceptors (Lipinski definition) is 2. The largest absolute Gasteiger partial charge is 0.416 e. The molecule has 1 aliphatic rings. The summed E-state index contributed by atoms with van der Waals surface area (Å²) in [6, 6.07) is 18.9. The summed E-state index contributed by atoms with van der Waals surface area (Å²) in [5, 5.41) is 2.67. The Morgan fingerprint density at radius 2 is 1.68 bits per heavy atom. The molecule has 3 aromatic rings. The van der Waals surface area contributed by atoms with Crippen LogP contribution in [0, 0.1) is 6.92 Å². The summed E-state index contributed by atoms with van der Waals surface area (Å²) in [7, 11) is 0. The van der Waals surface area contributed by atoms with Crippen LogP contribution >= 0.6 is 0 Å². The molecular weight excluding hydrogens is 443 g/mol. The topological polar surface area (TPSA) is 52.6 Å². The molecular formula is C26H24F3N3O2. The number of benzene rings is 3. The molecule has 0 aliphatic carbocycles. The SMILES string of the molecule is Cc1cccc(CN2CCCN(c3ccc(NC(=O)c4ccc(C(F)(F)F)cc4)cc3)C2=O)c1. The summed E-state index contributed by atoms with van der Waals surface area (Å²) in [6.45, 7) is 3.84. The average molecular weight is 467 g/mol. The van der Waals surface area contributed by atoms with Gasteiger partial charge in [-0.15, -0.1) is 0 Å². The van der Waals surface area contributed by atoms with Gasteiger partial charge in [0, 0.05) is 36.6 Å². The lowest BCUT2D eigenvalue weighted by molar-refractivity contribution is -0.137. The highest BCUT2D eigenvalue weighted by Gasteiger charge is 2.30. The van der Waals surface area contributed by atoms with E-state index < -0.39 is 17.6 Å². The standard InChI is InChI=1S/C26H24F3N3O2/c1-18-4-2-5-19(16-18)17-31-14-3-15-32(25(31)34)23-12-10-22(11-13-23)30-24(33)20-6-8-21(9-7-20)26(27,28)29/h2,4-13,16H,3,14-15,17H2,1H3,(H,30,33). The summed E-state index contributed by atoms with van der Waals surface area (Å²) in [5.41, 5.74) is 2.73. The molecule has 3 aromatic carbocycles. The van der Waals surface area contributed by atoms with Gasteiger partial charge in [0.05, 0.1) is 5.56 Å². The van der Waals surface area contributed by atoms with E-state index >= 15 is 0 Å². The molecule has 3 amide bonds. The molecule has 1 saturated heterocycles. The van der Waals surface area contributed by atoms with E-state index in [0.717, 1.165) is 41.8 Å². The Morgan fingerprint density at radius 3 is 2.32 bits per heavy atom. The highest BCUT2D eigenvalue weighted by molar-refractivity contribution is 6.04. The van der Waals surface area contributed by atoms with Gasteiger partial charge < -0.3 is 10.2 Å². The lowest BCUT2D eigenvalue weighted by atomic mass is 10.1. The zero-order valence-corrected chi connectivity index (χ0v) is 18.6. The number of amides is 3. The van der Waals surface area contributed by atoms with Crippen LogP contribution in [0.3, 0.4) is 0 Å². The molecule has 0 radical (unpaired) electrons. The summed E-state index contributed by atoms with van der Waals surface area (Å²) >= 11 is 0. The van der Waals surface area contributed by atoms with Gasteiger partial charge in [0.15, 0.2) is 0 Å². The van der Waals surface area contributed by atoms with Gasteiger partial charge in [-0.3, -0.25) is 9.69 Å². The van der Waals surface area contributed by atoms with Crippen LogP contribution in [0.1, 0.15) is 33.5 Å². The molecule has 34 heavy (non-hydrogen) atoms. The van der Waals surface area contributed by atoms with Crippen LogP contribution in [0.2, 0.25) is 0 Å². The second kappa shape index (κ2) is 9.59. The molecule has 5 nitrogen and oxygen atoms in total. The lowest BCUT2D eigenvalue weighted by Gasteiger charge is -2.35. The van der Waals surface area contributed by atoms with Crippen molar-refractivity contribution in [2.24, 2.45) is 0 Å². The van der Waals surface area contributed by atoms with E-state index in [1.807, 2.05) is 30.0 Å². The van der Waals surface area contributed by atoms with Gasteiger partial charge in [-0.2, -0.15) is 13.2 Å². The third kappa shape index (κ3) is 5.39. The van der Waals surface area contributed by atoms with Crippen LogP contribution < -0.4 is 10.2 Å². The van der Waals surface area contributed by atoms with Crippen molar-refractivity contribution in [3.05, 3.63) is 95.1 Å². The molecule has 1 N–H and O–H groups in total. The maximum atomic E-state index is 13.1. The number of nitrogens with one attached hydrogen (secondary N) is 1. The Bertz CT molecular complexity index is 1180. The number of nitrogens with zero attached hydrogens (tertiary/aromatic N) is 2. The van der Waals surface area contributed by atoms with E-state index in [1.54, 1.807) is 29.2 Å². The van der Waals surface area contributed by atoms with Crippen LogP contribution in [-0.4, -0.2) is 29.9 Å². The molecule has 1 heterocycles. The first-order chi connectivity index (χ1) is 16.2. The number of carbonyl (C=O) groups excluding carboxylic acids is 2. The minimum absolute atomic E-state index is 0.0747. The minimum atomic E-state index is -4.45. The maximum Gasteiger partial charge on any atom is 0.416 e. The van der Waals surface area contributed by atoms with Gasteiger partial charge in [0.25, 0.3) is 5.91 Å². The predicted molar refractivity (Wildman–Crippen MR) is 125 cm³/mol. The summed E-state index contributed by atoms with van der Waals surface area (Å²) in [6.07, 6.45) is -3.61. The predicted octanol–water partition coefficient (Wildman–Crippen LogP) is 6.10. The maximum absolute atomic E-state index is 13.1. The Kier molecular flexibility index (Phi) is 6.58. The van der Waals surface area contributed by atoms with Crippen LogP contribution in [0.5, 0.6) is 0 Å². The average Bonchev–Trinajstić information content (AvgIpc) is 2.81. The van der Waals surface area contributed by atoms with Crippen LogP contribution in [0.4, 0.5) is 29.3 Å². The number of aryl methyl sites for hydroxylation is 1. The van der Waals surface area contributed by atoms with Crippen LogP contribution in [-0.2, 0) is 12.7 Å². The number of rotatable bonds is 5. The van der Waals surface area contributed by atoms with Gasteiger partial charge in [0.2, 0.25) is 0 Å². The quantitative estimate of drug-likeness (QED) is 0.493. The van der Waals surface area contributed by atoms with E-state index in [4.69, 9.17) is 0 Å². The molecule has 0 aromatic heterocycles. The molecule has 0 spiro atoms. The third-order valence-electron chi connectivity index (χ3n) is 5.68. The van der Waals surface area contributed by atoms with Gasteiger partial charge in [-0.05, 0) is 67.4 Å². The fourth-order valence-electron chi connectivity index (χ4n) is 3.94. The van der Waals surface area contributed by atoms with Gasteiger partial charge >= 0.3 is 12.2 Å². The van der Waals surface area contributed by atoms with Crippen molar-refractivity contribution in [3.63, 3.8) is 0 Å². The smallest absolute Gasteiger partial charge is 0.322 e. The number of hydrogen-bond donors (Lipinski definition) is 1. The van der Waals surface area contributed by atoms with Crippen molar-refractivity contribution in [2.75, 3.05) is 23.3 Å². The normalized spacial score (nSPS) is 14.3. The number of alkyl halides is 3. The van der Waals surface area contributed by atoms with E-state index in [1.165, 1.54) is 0 Å². The van der Waals surface area contributed by atoms with E-state index in [0.29, 0.717) is 31.0 Å². The van der Waals surface area contributed by atoms with Crippen molar-refractivity contribution in [2.45, 2.75) is 26.1 Å². The monoisotopic (exact) mass is 467 g/mol. The van der Waals surface area contributed by atoms with Crippen molar-refractivity contribution in [1.82, 2.24) is 4.90 Å². The highest BCUT2D eigenvalue weighted by Crippen LogP contribution is 2.29. The minimum Gasteiger partial charge on any atom is -0.322 e. The molecule has 0 saturated carbocycles. The fraction of sp³-hybridized carbons (Fsp3) is 0.231. The fourth-order valence-corrected chi connectivity index (χ4v) is 3.94. The zero-order chi connectivity index (χ0) is 24.3. The summed E-state index contributed by atoms with van der Waals surface area (Å²) in [4.78, 5) is 29.0. The van der Waals surface area contributed by atoms with Crippen molar-refractivity contribution >= 4 is 23.3 Å². The Labute approximate surface area is 195 Å². The Hall–Kier alpha value is -3.81. The zero-order valence-electron chi connectivity index (χ0n) is 18.6. The van der Waals surface area contributed by atoms with Crippen molar-refractivity contribution in [3.8, 4) is 0 Å². The number of halogens is 3. The Morgan fingerprint density at radius 1 is 0.971 bits per heavy atom. The molecule has 8 heteroatoms. The van der Waals surface area contributed by atoms with Crippen LogP contribution in [0.25, 0.3) is 0 Å². The molecule has 0 atom stereocenters. The molecule has 176 valence electrons. The first kappa shape index (κ1) is 23.4. The second-order valence-electron chi connectivity index (χ2n) is 8.27. The molecule has 1 fully saturated rings. The van der Waals surface area contributed by atoms with E-state index in [-0.39, 0.29) is 11.6 Å². The summed E-state index contributed by atoms with van der Waals surface area (Å²) in [5.74, 6) is -0.514. The molecule has 0 bridgehead atoms. The summed E-state index contributed by atoms with van der Waals surface area (Å²) < 4.78 is 38.1. The first-order valence-corrected chi connectivity index (χ1v) is 10.9.